The van der Waals surface area contributed by atoms with E-state index in [2.05, 4.69) is 110 Å². The highest BCUT2D eigenvalue weighted by Crippen LogP contribution is 2.32. The molecular formula is C24H27N3+2. The van der Waals surface area contributed by atoms with Gasteiger partial charge in [-0.15, -0.1) is 0 Å². The third-order valence-corrected chi connectivity index (χ3v) is 5.70. The first-order valence-corrected chi connectivity index (χ1v) is 9.40. The highest BCUT2D eigenvalue weighted by atomic mass is 15.0. The Morgan fingerprint density at radius 3 is 2.33 bits per heavy atom. The van der Waals surface area contributed by atoms with Crippen LogP contribution < -0.4 is 9.13 Å². The van der Waals surface area contributed by atoms with Crippen molar-refractivity contribution in [3.05, 3.63) is 71.5 Å². The van der Waals surface area contributed by atoms with Crippen LogP contribution in [-0.2, 0) is 21.1 Å². The average molecular weight is 358 g/mol. The monoisotopic (exact) mass is 357 g/mol. The van der Waals surface area contributed by atoms with Crippen LogP contribution in [-0.4, -0.2) is 4.57 Å². The minimum Gasteiger partial charge on any atom is -0.350 e. The zero-order valence-electron chi connectivity index (χ0n) is 17.0. The van der Waals surface area contributed by atoms with E-state index in [1.807, 2.05) is 0 Å². The lowest BCUT2D eigenvalue weighted by atomic mass is 9.96. The van der Waals surface area contributed by atoms with Gasteiger partial charge in [0.15, 0.2) is 6.20 Å². The molecule has 0 fully saturated rings. The maximum absolute atomic E-state index is 2.36. The number of hydrogen-bond donors (Lipinski definition) is 0. The van der Waals surface area contributed by atoms with Gasteiger partial charge in [-0.1, -0.05) is 6.07 Å². The predicted molar refractivity (Wildman–Crippen MR) is 110 cm³/mol. The van der Waals surface area contributed by atoms with Gasteiger partial charge in [-0.25, -0.2) is 0 Å². The summed E-state index contributed by atoms with van der Waals surface area (Å²) in [6.45, 7) is 6.65. The first kappa shape index (κ1) is 17.5. The van der Waals surface area contributed by atoms with Crippen LogP contribution in [0.2, 0.25) is 0 Å². The molecule has 1 aromatic carbocycles. The summed E-state index contributed by atoms with van der Waals surface area (Å²) in [5.74, 6) is 0. The smallest absolute Gasteiger partial charge is 0.280 e. The zero-order chi connectivity index (χ0) is 19.3. The fourth-order valence-electron chi connectivity index (χ4n) is 4.49. The van der Waals surface area contributed by atoms with Crippen LogP contribution in [0.25, 0.3) is 33.5 Å². The van der Waals surface area contributed by atoms with Gasteiger partial charge >= 0.3 is 0 Å². The molecule has 27 heavy (non-hydrogen) atoms. The van der Waals surface area contributed by atoms with E-state index >= 15 is 0 Å². The number of hydrogen-bond acceptors (Lipinski definition) is 0. The Morgan fingerprint density at radius 2 is 1.59 bits per heavy atom. The van der Waals surface area contributed by atoms with E-state index in [-0.39, 0.29) is 0 Å². The second kappa shape index (κ2) is 6.34. The van der Waals surface area contributed by atoms with Crippen molar-refractivity contribution < 1.29 is 9.13 Å². The lowest BCUT2D eigenvalue weighted by Gasteiger charge is -2.13. The number of fused-ring (bicyclic) bond motifs is 1. The molecule has 0 aliphatic heterocycles. The maximum atomic E-state index is 2.36. The summed E-state index contributed by atoms with van der Waals surface area (Å²) >= 11 is 0. The van der Waals surface area contributed by atoms with Gasteiger partial charge in [0.2, 0.25) is 5.69 Å². The van der Waals surface area contributed by atoms with E-state index in [0.29, 0.717) is 0 Å². The summed E-state index contributed by atoms with van der Waals surface area (Å²) in [5, 5.41) is 1.29. The molecule has 0 saturated heterocycles. The lowest BCUT2D eigenvalue weighted by Crippen LogP contribution is -2.41. The molecule has 0 spiro atoms. The topological polar surface area (TPSA) is 12.7 Å². The number of pyridine rings is 2. The van der Waals surface area contributed by atoms with Crippen LogP contribution in [0.5, 0.6) is 0 Å². The highest BCUT2D eigenvalue weighted by Gasteiger charge is 2.28. The first-order chi connectivity index (χ1) is 12.9. The summed E-state index contributed by atoms with van der Waals surface area (Å²) in [7, 11) is 6.42. The third kappa shape index (κ3) is 2.66. The van der Waals surface area contributed by atoms with E-state index < -0.39 is 0 Å². The van der Waals surface area contributed by atoms with Crippen molar-refractivity contribution in [2.24, 2.45) is 21.1 Å². The number of aryl methyl sites for hydroxylation is 5. The van der Waals surface area contributed by atoms with Crippen LogP contribution in [0.3, 0.4) is 0 Å². The van der Waals surface area contributed by atoms with Crippen molar-refractivity contribution in [3.63, 3.8) is 0 Å². The molecule has 0 radical (unpaired) electrons. The molecule has 0 atom stereocenters. The van der Waals surface area contributed by atoms with Crippen LogP contribution in [0, 0.1) is 20.8 Å². The Hall–Kier alpha value is -2.94. The largest absolute Gasteiger partial charge is 0.350 e. The standard InChI is InChI=1S/C24H27N3/c1-16-15-17(2)23(21-9-7-8-13-25(21)4)27(6)22(16)20-11-10-19-12-14-26(5)24(19)18(20)3/h7-15H,1-6H3/q+2. The van der Waals surface area contributed by atoms with Crippen LogP contribution in [0.4, 0.5) is 0 Å². The van der Waals surface area contributed by atoms with Gasteiger partial charge in [0.25, 0.3) is 11.4 Å². The van der Waals surface area contributed by atoms with E-state index in [9.17, 15) is 0 Å². The van der Waals surface area contributed by atoms with Crippen molar-refractivity contribution >= 4 is 10.9 Å². The molecule has 136 valence electrons. The number of benzene rings is 1. The van der Waals surface area contributed by atoms with Gasteiger partial charge in [0.05, 0.1) is 11.1 Å². The number of nitrogens with zero attached hydrogens (tertiary/aromatic N) is 3. The normalized spacial score (nSPS) is 11.3. The minimum atomic E-state index is 1.22. The van der Waals surface area contributed by atoms with Gasteiger partial charge < -0.3 is 4.57 Å². The molecule has 3 heterocycles. The molecular weight excluding hydrogens is 330 g/mol. The molecule has 3 heteroatoms. The molecule has 0 aliphatic rings. The summed E-state index contributed by atoms with van der Waals surface area (Å²) in [5.41, 5.74) is 10.3. The Bertz CT molecular complexity index is 1180. The summed E-state index contributed by atoms with van der Waals surface area (Å²) in [4.78, 5) is 0. The molecule has 0 aliphatic carbocycles. The fraction of sp³-hybridized carbons (Fsp3) is 0.250. The highest BCUT2D eigenvalue weighted by molar-refractivity contribution is 5.89. The second-order valence-corrected chi connectivity index (χ2v) is 7.57. The quantitative estimate of drug-likeness (QED) is 0.479. The Balaban J connectivity index is 2.06. The Labute approximate surface area is 161 Å². The van der Waals surface area contributed by atoms with E-state index in [4.69, 9.17) is 0 Å². The molecule has 0 N–H and O–H groups in total. The molecule has 0 saturated carbocycles. The summed E-state index contributed by atoms with van der Waals surface area (Å²) < 4.78 is 6.77. The number of aromatic nitrogens is 3. The number of rotatable bonds is 2. The Kier molecular flexibility index (Phi) is 4.11. The SMILES string of the molecule is Cc1cc(C)c(-c2cccc[n+]2C)[n+](C)c1-c1ccc2ccn(C)c2c1C. The van der Waals surface area contributed by atoms with Crippen LogP contribution in [0.1, 0.15) is 16.7 Å². The second-order valence-electron chi connectivity index (χ2n) is 7.57. The van der Waals surface area contributed by atoms with Crippen molar-refractivity contribution in [2.45, 2.75) is 20.8 Å². The molecule has 0 amide bonds. The van der Waals surface area contributed by atoms with Gasteiger partial charge in [0.1, 0.15) is 14.1 Å². The van der Waals surface area contributed by atoms with Gasteiger partial charge in [-0.3, -0.25) is 0 Å². The molecule has 0 bridgehead atoms. The summed E-state index contributed by atoms with van der Waals surface area (Å²) in [6, 6.07) is 15.4. The van der Waals surface area contributed by atoms with Gasteiger partial charge in [-0.2, -0.15) is 9.13 Å². The Morgan fingerprint density at radius 1 is 0.852 bits per heavy atom. The molecule has 4 aromatic rings. The molecule has 0 unspecified atom stereocenters. The van der Waals surface area contributed by atoms with Crippen molar-refractivity contribution in [2.75, 3.05) is 0 Å². The van der Waals surface area contributed by atoms with E-state index in [1.54, 1.807) is 0 Å². The first-order valence-electron chi connectivity index (χ1n) is 9.40. The summed E-state index contributed by atoms with van der Waals surface area (Å²) in [6.07, 6.45) is 4.24. The fourth-order valence-corrected chi connectivity index (χ4v) is 4.49. The lowest BCUT2D eigenvalue weighted by molar-refractivity contribution is -0.685. The third-order valence-electron chi connectivity index (χ3n) is 5.70. The van der Waals surface area contributed by atoms with Crippen LogP contribution >= 0.6 is 0 Å². The van der Waals surface area contributed by atoms with Crippen LogP contribution in [0.15, 0.2) is 54.9 Å². The van der Waals surface area contributed by atoms with Gasteiger partial charge in [-0.05, 0) is 56.0 Å². The van der Waals surface area contributed by atoms with Crippen molar-refractivity contribution in [3.8, 4) is 22.6 Å². The molecule has 3 nitrogen and oxygen atoms in total. The zero-order valence-corrected chi connectivity index (χ0v) is 17.0. The van der Waals surface area contributed by atoms with Crippen molar-refractivity contribution in [1.29, 1.82) is 0 Å². The average Bonchev–Trinajstić information content (AvgIpc) is 3.00. The molecule has 3 aromatic heterocycles. The van der Waals surface area contributed by atoms with E-state index in [0.717, 1.165) is 0 Å². The van der Waals surface area contributed by atoms with Crippen molar-refractivity contribution in [1.82, 2.24) is 4.57 Å². The molecule has 4 rings (SSSR count). The maximum Gasteiger partial charge on any atom is 0.280 e. The predicted octanol–water partition coefficient (Wildman–Crippen LogP) is 4.09. The minimum absolute atomic E-state index is 1.22. The van der Waals surface area contributed by atoms with Gasteiger partial charge in [0, 0.05) is 36.5 Å². The van der Waals surface area contributed by atoms with E-state index in [1.165, 1.54) is 50.2 Å².